The number of aryl methyl sites for hydroxylation is 2. The van der Waals surface area contributed by atoms with Gasteiger partial charge in [-0.1, -0.05) is 6.92 Å². The fraction of sp³-hybridized carbons (Fsp3) is 0.417. The first-order valence-corrected chi connectivity index (χ1v) is 6.62. The average molecular weight is 265 g/mol. The molecule has 2 heterocycles. The van der Waals surface area contributed by atoms with Gasteiger partial charge in [0.15, 0.2) is 0 Å². The molecule has 96 valence electrons. The lowest BCUT2D eigenvalue weighted by Gasteiger charge is -2.07. The summed E-state index contributed by atoms with van der Waals surface area (Å²) in [6, 6.07) is 1.88. The summed E-state index contributed by atoms with van der Waals surface area (Å²) in [4.78, 5) is 29.4. The zero-order valence-electron chi connectivity index (χ0n) is 10.4. The van der Waals surface area contributed by atoms with Gasteiger partial charge in [0, 0.05) is 17.8 Å². The number of primary amides is 1. The molecule has 2 N–H and O–H groups in total. The Morgan fingerprint density at radius 3 is 2.89 bits per heavy atom. The first-order chi connectivity index (χ1) is 8.52. The van der Waals surface area contributed by atoms with Crippen LogP contribution in [0.5, 0.6) is 0 Å². The summed E-state index contributed by atoms with van der Waals surface area (Å²) < 4.78 is 1.51. The number of nitrogens with two attached hydrogens (primary N) is 1. The molecule has 0 radical (unpaired) electrons. The zero-order valence-corrected chi connectivity index (χ0v) is 11.2. The van der Waals surface area contributed by atoms with E-state index in [4.69, 9.17) is 5.73 Å². The van der Waals surface area contributed by atoms with Gasteiger partial charge in [0.25, 0.3) is 5.56 Å². The lowest BCUT2D eigenvalue weighted by Crippen LogP contribution is -2.26. The molecule has 0 aliphatic rings. The molecule has 0 fully saturated rings. The summed E-state index contributed by atoms with van der Waals surface area (Å²) in [6.07, 6.45) is 1.04. The Morgan fingerprint density at radius 2 is 2.28 bits per heavy atom. The van der Waals surface area contributed by atoms with Gasteiger partial charge in [0.2, 0.25) is 5.91 Å². The lowest BCUT2D eigenvalue weighted by molar-refractivity contribution is -0.118. The Morgan fingerprint density at radius 1 is 1.56 bits per heavy atom. The summed E-state index contributed by atoms with van der Waals surface area (Å²) in [7, 11) is 0. The lowest BCUT2D eigenvalue weighted by atomic mass is 10.3. The van der Waals surface area contributed by atoms with Crippen LogP contribution < -0.4 is 11.3 Å². The number of amides is 1. The van der Waals surface area contributed by atoms with E-state index in [1.54, 1.807) is 18.3 Å². The maximum atomic E-state index is 12.3. The van der Waals surface area contributed by atoms with Crippen molar-refractivity contribution in [2.75, 3.05) is 0 Å². The third-order valence-electron chi connectivity index (χ3n) is 2.82. The molecule has 0 unspecified atom stereocenters. The number of aromatic nitrogens is 2. The number of fused-ring (bicyclic) bond motifs is 1. The molecule has 0 aliphatic carbocycles. The highest BCUT2D eigenvalue weighted by atomic mass is 32.1. The molecule has 2 aromatic heterocycles. The van der Waals surface area contributed by atoms with Gasteiger partial charge >= 0.3 is 0 Å². The molecule has 0 saturated heterocycles. The normalized spacial score (nSPS) is 11.0. The quantitative estimate of drug-likeness (QED) is 0.902. The molecule has 0 atom stereocenters. The van der Waals surface area contributed by atoms with Crippen LogP contribution in [-0.2, 0) is 17.8 Å². The van der Waals surface area contributed by atoms with E-state index >= 15 is 0 Å². The SMILES string of the molecule is CCc1cc2c(=O)n(CCC(N)=O)c(C)nc2s1. The summed E-state index contributed by atoms with van der Waals surface area (Å²) in [5.74, 6) is 0.208. The van der Waals surface area contributed by atoms with Crippen molar-refractivity contribution in [2.24, 2.45) is 5.73 Å². The fourth-order valence-electron chi connectivity index (χ4n) is 1.83. The van der Waals surface area contributed by atoms with Gasteiger partial charge in [0.1, 0.15) is 10.7 Å². The van der Waals surface area contributed by atoms with E-state index in [1.807, 2.05) is 13.0 Å². The van der Waals surface area contributed by atoms with E-state index in [1.165, 1.54) is 4.57 Å². The Bertz CT molecular complexity index is 657. The zero-order chi connectivity index (χ0) is 13.3. The average Bonchev–Trinajstić information content (AvgIpc) is 2.71. The topological polar surface area (TPSA) is 78.0 Å². The molecular weight excluding hydrogens is 250 g/mol. The predicted molar refractivity (Wildman–Crippen MR) is 71.8 cm³/mol. The van der Waals surface area contributed by atoms with Gasteiger partial charge in [-0.2, -0.15) is 0 Å². The number of nitrogens with zero attached hydrogens (tertiary/aromatic N) is 2. The number of hydrogen-bond donors (Lipinski definition) is 1. The molecule has 6 heteroatoms. The van der Waals surface area contributed by atoms with Crippen LogP contribution in [0.25, 0.3) is 10.2 Å². The van der Waals surface area contributed by atoms with Crippen LogP contribution >= 0.6 is 11.3 Å². The van der Waals surface area contributed by atoms with Crippen LogP contribution in [0, 0.1) is 6.92 Å². The first-order valence-electron chi connectivity index (χ1n) is 5.81. The van der Waals surface area contributed by atoms with Gasteiger partial charge in [-0.25, -0.2) is 4.98 Å². The highest BCUT2D eigenvalue weighted by molar-refractivity contribution is 7.18. The fourth-order valence-corrected chi connectivity index (χ4v) is 2.83. The molecule has 18 heavy (non-hydrogen) atoms. The van der Waals surface area contributed by atoms with E-state index in [0.29, 0.717) is 17.8 Å². The van der Waals surface area contributed by atoms with Crippen LogP contribution in [0.3, 0.4) is 0 Å². The molecule has 0 spiro atoms. The molecule has 0 bridgehead atoms. The predicted octanol–water partition coefficient (Wildman–Crippen LogP) is 1.20. The van der Waals surface area contributed by atoms with Crippen molar-refractivity contribution in [1.29, 1.82) is 0 Å². The van der Waals surface area contributed by atoms with Crippen molar-refractivity contribution in [1.82, 2.24) is 9.55 Å². The second kappa shape index (κ2) is 4.89. The highest BCUT2D eigenvalue weighted by Crippen LogP contribution is 2.21. The van der Waals surface area contributed by atoms with Crippen molar-refractivity contribution in [3.05, 3.63) is 27.1 Å². The summed E-state index contributed by atoms with van der Waals surface area (Å²) in [6.45, 7) is 4.11. The third-order valence-corrected chi connectivity index (χ3v) is 4.00. The van der Waals surface area contributed by atoms with E-state index in [9.17, 15) is 9.59 Å². The van der Waals surface area contributed by atoms with Crippen LogP contribution in [0.1, 0.15) is 24.0 Å². The van der Waals surface area contributed by atoms with Gasteiger partial charge in [-0.05, 0) is 19.4 Å². The monoisotopic (exact) mass is 265 g/mol. The van der Waals surface area contributed by atoms with Crippen LogP contribution in [0.4, 0.5) is 0 Å². The molecule has 0 saturated carbocycles. The minimum Gasteiger partial charge on any atom is -0.370 e. The highest BCUT2D eigenvalue weighted by Gasteiger charge is 2.11. The molecular formula is C12H15N3O2S. The molecule has 0 aliphatic heterocycles. The standard InChI is InChI=1S/C12H15N3O2S/c1-3-8-6-9-11(18-8)14-7(2)15(12(9)17)5-4-10(13)16/h6H,3-5H2,1-2H3,(H2,13,16). The van der Waals surface area contributed by atoms with Crippen molar-refractivity contribution in [3.8, 4) is 0 Å². The number of carbonyl (C=O) groups excluding carboxylic acids is 1. The Labute approximate surface area is 108 Å². The maximum Gasteiger partial charge on any atom is 0.262 e. The van der Waals surface area contributed by atoms with Gasteiger partial charge < -0.3 is 5.73 Å². The number of rotatable bonds is 4. The summed E-state index contributed by atoms with van der Waals surface area (Å²) >= 11 is 1.54. The second-order valence-corrected chi connectivity index (χ2v) is 5.23. The number of carbonyl (C=O) groups is 1. The molecule has 0 aromatic carbocycles. The summed E-state index contributed by atoms with van der Waals surface area (Å²) in [5.41, 5.74) is 5.02. The number of hydrogen-bond acceptors (Lipinski definition) is 4. The minimum atomic E-state index is -0.416. The van der Waals surface area contributed by atoms with Gasteiger partial charge in [-0.3, -0.25) is 14.2 Å². The molecule has 2 aromatic rings. The Balaban J connectivity index is 2.53. The smallest absolute Gasteiger partial charge is 0.262 e. The van der Waals surface area contributed by atoms with Crippen molar-refractivity contribution < 1.29 is 4.79 Å². The third kappa shape index (κ3) is 2.28. The van der Waals surface area contributed by atoms with Gasteiger partial charge in [-0.15, -0.1) is 11.3 Å². The van der Waals surface area contributed by atoms with Gasteiger partial charge in [0.05, 0.1) is 5.39 Å². The van der Waals surface area contributed by atoms with Crippen molar-refractivity contribution in [2.45, 2.75) is 33.2 Å². The second-order valence-electron chi connectivity index (χ2n) is 4.12. The van der Waals surface area contributed by atoms with E-state index in [0.717, 1.165) is 16.1 Å². The number of thiophene rings is 1. The largest absolute Gasteiger partial charge is 0.370 e. The van der Waals surface area contributed by atoms with Crippen LogP contribution in [0.15, 0.2) is 10.9 Å². The van der Waals surface area contributed by atoms with Crippen LogP contribution in [0.2, 0.25) is 0 Å². The van der Waals surface area contributed by atoms with E-state index in [-0.39, 0.29) is 12.0 Å². The van der Waals surface area contributed by atoms with Crippen LogP contribution in [-0.4, -0.2) is 15.5 Å². The van der Waals surface area contributed by atoms with E-state index in [2.05, 4.69) is 4.98 Å². The Hall–Kier alpha value is -1.69. The van der Waals surface area contributed by atoms with Crippen molar-refractivity contribution >= 4 is 27.5 Å². The minimum absolute atomic E-state index is 0.0882. The van der Waals surface area contributed by atoms with Crippen molar-refractivity contribution in [3.63, 3.8) is 0 Å². The first kappa shape index (κ1) is 12.8. The summed E-state index contributed by atoms with van der Waals surface area (Å²) in [5, 5.41) is 0.631. The molecule has 2 rings (SSSR count). The van der Waals surface area contributed by atoms with E-state index < -0.39 is 5.91 Å². The molecule has 5 nitrogen and oxygen atoms in total. The molecule has 1 amide bonds. The Kier molecular flexibility index (Phi) is 3.47. The maximum absolute atomic E-state index is 12.3.